The number of carbonyl (C=O) groups excluding carboxylic acids is 2. The van der Waals surface area contributed by atoms with Crippen LogP contribution in [0.25, 0.3) is 0 Å². The van der Waals surface area contributed by atoms with E-state index in [4.69, 9.17) is 0 Å². The first-order valence-corrected chi connectivity index (χ1v) is 12.6. The van der Waals surface area contributed by atoms with Crippen molar-refractivity contribution in [2.24, 2.45) is 10.9 Å². The van der Waals surface area contributed by atoms with Crippen LogP contribution in [0, 0.1) is 17.2 Å². The van der Waals surface area contributed by atoms with Gasteiger partial charge in [0.15, 0.2) is 5.78 Å². The number of nitrogens with zero attached hydrogens (tertiary/aromatic N) is 2. The van der Waals surface area contributed by atoms with Crippen LogP contribution in [0.5, 0.6) is 0 Å². The summed E-state index contributed by atoms with van der Waals surface area (Å²) in [7, 11) is 0. The Labute approximate surface area is 198 Å². The lowest BCUT2D eigenvalue weighted by Crippen LogP contribution is -2.36. The molecule has 1 amide bonds. The van der Waals surface area contributed by atoms with Crippen molar-refractivity contribution in [2.45, 2.75) is 12.8 Å². The molecular weight excluding hydrogens is 458 g/mol. The van der Waals surface area contributed by atoms with Crippen molar-refractivity contribution >= 4 is 57.5 Å². The second-order valence-corrected chi connectivity index (χ2v) is 9.99. The fraction of sp³-hybridized carbons (Fsp3) is 0.167. The number of aliphatic imine (C=N–C) groups is 1. The maximum Gasteiger partial charge on any atom is 0.234 e. The van der Waals surface area contributed by atoms with Crippen LogP contribution in [-0.4, -0.2) is 23.2 Å². The van der Waals surface area contributed by atoms with Crippen molar-refractivity contribution in [3.05, 3.63) is 85.7 Å². The maximum absolute atomic E-state index is 13.3. The van der Waals surface area contributed by atoms with Crippen molar-refractivity contribution in [2.75, 3.05) is 11.1 Å². The Kier molecular flexibility index (Phi) is 7.00. The molecule has 0 radical (unpaired) electrons. The summed E-state index contributed by atoms with van der Waals surface area (Å²) in [6.45, 7) is 1.81. The number of hydrogen-bond acceptors (Lipinski definition) is 7. The van der Waals surface area contributed by atoms with Gasteiger partial charge in [0, 0.05) is 22.2 Å². The lowest BCUT2D eigenvalue weighted by Gasteiger charge is -2.30. The molecule has 0 bridgehead atoms. The number of benzene rings is 1. The Morgan fingerprint density at radius 1 is 1.09 bits per heavy atom. The molecule has 3 aromatic rings. The normalized spacial score (nSPS) is 18.1. The Hall–Kier alpha value is -2.99. The molecule has 32 heavy (non-hydrogen) atoms. The summed E-state index contributed by atoms with van der Waals surface area (Å²) in [6, 6.07) is 19.0. The Bertz CT molecular complexity index is 1210. The number of thioether (sulfide) groups is 1. The summed E-state index contributed by atoms with van der Waals surface area (Å²) >= 11 is 4.16. The van der Waals surface area contributed by atoms with Crippen LogP contribution in [0.2, 0.25) is 0 Å². The topological polar surface area (TPSA) is 82.3 Å². The molecule has 1 aliphatic heterocycles. The van der Waals surface area contributed by atoms with E-state index in [1.165, 1.54) is 34.4 Å². The average molecular weight is 478 g/mol. The van der Waals surface area contributed by atoms with Gasteiger partial charge in [0.1, 0.15) is 5.03 Å². The molecule has 0 aliphatic carbocycles. The zero-order valence-electron chi connectivity index (χ0n) is 17.1. The van der Waals surface area contributed by atoms with E-state index in [-0.39, 0.29) is 17.4 Å². The first-order valence-electron chi connectivity index (χ1n) is 9.86. The lowest BCUT2D eigenvalue weighted by molar-refractivity contribution is -0.118. The number of nitrogens with one attached hydrogen (secondary N) is 1. The molecule has 0 saturated heterocycles. The van der Waals surface area contributed by atoms with E-state index in [0.29, 0.717) is 26.9 Å². The van der Waals surface area contributed by atoms with E-state index in [1.807, 2.05) is 66.2 Å². The summed E-state index contributed by atoms with van der Waals surface area (Å²) < 4.78 is 0. The molecule has 1 N–H and O–H groups in total. The number of rotatable bonds is 7. The van der Waals surface area contributed by atoms with E-state index >= 15 is 0 Å². The molecule has 4 rings (SSSR count). The van der Waals surface area contributed by atoms with Crippen LogP contribution >= 0.6 is 34.4 Å². The SMILES string of the molecule is CC1=NC(SCC(=O)c2cccs2)=C(C#N)[C@@H](c2cccs2)C1C(=O)Nc1ccccc1. The molecule has 8 heteroatoms. The number of ketones is 1. The summed E-state index contributed by atoms with van der Waals surface area (Å²) in [5.41, 5.74) is 1.75. The summed E-state index contributed by atoms with van der Waals surface area (Å²) in [4.78, 5) is 32.0. The Morgan fingerprint density at radius 3 is 2.50 bits per heavy atom. The smallest absolute Gasteiger partial charge is 0.234 e. The van der Waals surface area contributed by atoms with E-state index in [0.717, 1.165) is 4.88 Å². The van der Waals surface area contributed by atoms with E-state index in [1.54, 1.807) is 6.07 Å². The van der Waals surface area contributed by atoms with Crippen molar-refractivity contribution in [3.63, 3.8) is 0 Å². The monoisotopic (exact) mass is 477 g/mol. The van der Waals surface area contributed by atoms with Crippen LogP contribution < -0.4 is 5.32 Å². The zero-order chi connectivity index (χ0) is 22.5. The van der Waals surface area contributed by atoms with Gasteiger partial charge in [-0.3, -0.25) is 9.59 Å². The molecule has 1 aliphatic rings. The number of carbonyl (C=O) groups is 2. The highest BCUT2D eigenvalue weighted by molar-refractivity contribution is 8.03. The van der Waals surface area contributed by atoms with E-state index in [2.05, 4.69) is 16.4 Å². The van der Waals surface area contributed by atoms with Gasteiger partial charge in [0.2, 0.25) is 5.91 Å². The summed E-state index contributed by atoms with van der Waals surface area (Å²) in [5.74, 6) is -1.07. The first kappa shape index (κ1) is 22.2. The average Bonchev–Trinajstić information content (AvgIpc) is 3.52. The molecule has 0 saturated carbocycles. The number of hydrogen-bond donors (Lipinski definition) is 1. The number of anilines is 1. The minimum atomic E-state index is -0.610. The number of para-hydroxylation sites is 1. The molecule has 1 aromatic carbocycles. The van der Waals surface area contributed by atoms with E-state index < -0.39 is 11.8 Å². The minimum Gasteiger partial charge on any atom is -0.325 e. The number of allylic oxidation sites excluding steroid dienone is 1. The van der Waals surface area contributed by atoms with Gasteiger partial charge < -0.3 is 5.32 Å². The van der Waals surface area contributed by atoms with Crippen LogP contribution in [0.4, 0.5) is 5.69 Å². The van der Waals surface area contributed by atoms with Crippen LogP contribution in [0.1, 0.15) is 27.4 Å². The molecule has 2 aromatic heterocycles. The van der Waals surface area contributed by atoms with Crippen molar-refractivity contribution in [1.82, 2.24) is 0 Å². The predicted octanol–water partition coefficient (Wildman–Crippen LogP) is 5.97. The van der Waals surface area contributed by atoms with Crippen LogP contribution in [-0.2, 0) is 4.79 Å². The van der Waals surface area contributed by atoms with Crippen LogP contribution in [0.3, 0.4) is 0 Å². The van der Waals surface area contributed by atoms with Crippen LogP contribution in [0.15, 0.2) is 81.0 Å². The molecule has 0 fully saturated rings. The fourth-order valence-corrected chi connectivity index (χ4v) is 6.15. The maximum atomic E-state index is 13.3. The molecule has 5 nitrogen and oxygen atoms in total. The fourth-order valence-electron chi connectivity index (χ4n) is 3.56. The quantitative estimate of drug-likeness (QED) is 0.425. The van der Waals surface area contributed by atoms with Gasteiger partial charge in [-0.15, -0.1) is 22.7 Å². The lowest BCUT2D eigenvalue weighted by atomic mass is 9.80. The van der Waals surface area contributed by atoms with Crippen molar-refractivity contribution < 1.29 is 9.59 Å². The largest absolute Gasteiger partial charge is 0.325 e. The second-order valence-electron chi connectivity index (χ2n) is 7.10. The molecule has 160 valence electrons. The van der Waals surface area contributed by atoms with Crippen molar-refractivity contribution in [3.8, 4) is 6.07 Å². The number of amides is 1. The molecule has 0 spiro atoms. The second kappa shape index (κ2) is 10.1. The highest BCUT2D eigenvalue weighted by atomic mass is 32.2. The van der Waals surface area contributed by atoms with Gasteiger partial charge in [-0.05, 0) is 41.9 Å². The minimum absolute atomic E-state index is 0.000685. The Morgan fingerprint density at radius 2 is 1.84 bits per heavy atom. The highest BCUT2D eigenvalue weighted by Gasteiger charge is 2.40. The molecule has 3 heterocycles. The van der Waals surface area contributed by atoms with Gasteiger partial charge in [-0.1, -0.05) is 42.1 Å². The number of nitriles is 1. The van der Waals surface area contributed by atoms with Gasteiger partial charge >= 0.3 is 0 Å². The summed E-state index contributed by atoms with van der Waals surface area (Å²) in [6.07, 6.45) is 0. The Balaban J connectivity index is 1.65. The predicted molar refractivity (Wildman–Crippen MR) is 132 cm³/mol. The van der Waals surface area contributed by atoms with Gasteiger partial charge in [-0.2, -0.15) is 5.26 Å². The van der Waals surface area contributed by atoms with Gasteiger partial charge in [-0.25, -0.2) is 4.99 Å². The zero-order valence-corrected chi connectivity index (χ0v) is 19.6. The third-order valence-electron chi connectivity index (χ3n) is 5.03. The van der Waals surface area contributed by atoms with Crippen molar-refractivity contribution in [1.29, 1.82) is 5.26 Å². The number of thiophene rings is 2. The van der Waals surface area contributed by atoms with E-state index in [9.17, 15) is 14.9 Å². The van der Waals surface area contributed by atoms with Gasteiger partial charge in [0.25, 0.3) is 0 Å². The molecule has 2 atom stereocenters. The summed E-state index contributed by atoms with van der Waals surface area (Å²) in [5, 5.41) is 17.3. The third kappa shape index (κ3) is 4.75. The first-order chi connectivity index (χ1) is 15.6. The van der Waals surface area contributed by atoms with Gasteiger partial charge in [0.05, 0.1) is 28.2 Å². The molecule has 1 unspecified atom stereocenters. The highest BCUT2D eigenvalue weighted by Crippen LogP contribution is 2.43. The molecular formula is C24H19N3O2S3. The third-order valence-corrected chi connectivity index (χ3v) is 7.89. The number of Topliss-reactive ketones (excluding diaryl/α,β-unsaturated/α-hetero) is 1. The standard InChI is InChI=1S/C24H19N3O2S3/c1-15-21(23(29)27-16-7-3-2-4-8-16)22(20-10-6-12-31-20)17(13-25)24(26-15)32-14-18(28)19-9-5-11-30-19/h2-12,21-22H,14H2,1H3,(H,27,29)/t21?,22-/m0/s1.